The van der Waals surface area contributed by atoms with Crippen molar-refractivity contribution in [1.29, 1.82) is 0 Å². The summed E-state index contributed by atoms with van der Waals surface area (Å²) in [6.07, 6.45) is 34.8. The number of rotatable bonds is 19. The van der Waals surface area contributed by atoms with Crippen LogP contribution in [-0.2, 0) is 53.5 Å². The Bertz CT molecular complexity index is 4660. The summed E-state index contributed by atoms with van der Waals surface area (Å²) in [5.74, 6) is 5.61. The van der Waals surface area contributed by atoms with E-state index >= 15 is 0 Å². The van der Waals surface area contributed by atoms with E-state index in [9.17, 15) is 0 Å². The Morgan fingerprint density at radius 1 is 0.315 bits per heavy atom. The smallest absolute Gasteiger partial charge is 0.201 e. The Labute approximate surface area is 676 Å². The first-order valence-corrected chi connectivity index (χ1v) is 43.5. The third-order valence-electron chi connectivity index (χ3n) is 24.9. The molecule has 5 heteroatoms. The minimum atomic E-state index is 0.197. The van der Waals surface area contributed by atoms with E-state index in [1.807, 2.05) is 0 Å². The zero-order valence-corrected chi connectivity index (χ0v) is 73.9. The van der Waals surface area contributed by atoms with Gasteiger partial charge in [0, 0.05) is 88.5 Å². The van der Waals surface area contributed by atoms with Crippen molar-refractivity contribution in [3.8, 4) is 56.3 Å². The van der Waals surface area contributed by atoms with Crippen LogP contribution in [0.2, 0.25) is 0 Å². The van der Waals surface area contributed by atoms with Crippen LogP contribution >= 0.6 is 0 Å². The minimum Gasteiger partial charge on any atom is -0.201 e. The Balaban J connectivity index is 0.000000160. The van der Waals surface area contributed by atoms with Crippen LogP contribution in [-0.4, -0.2) is 0 Å². The number of hydrogen-bond donors (Lipinski definition) is 0. The van der Waals surface area contributed by atoms with Gasteiger partial charge in [-0.3, -0.25) is 0 Å². The molecule has 5 aromatic heterocycles. The number of pyridine rings is 5. The van der Waals surface area contributed by atoms with Crippen molar-refractivity contribution >= 4 is 0 Å². The van der Waals surface area contributed by atoms with Crippen LogP contribution in [0.5, 0.6) is 0 Å². The van der Waals surface area contributed by atoms with Crippen LogP contribution in [0.4, 0.5) is 0 Å². The average Bonchev–Trinajstić information content (AvgIpc) is 0.847. The molecule has 0 bridgehead atoms. The predicted octanol–water partition coefficient (Wildman–Crippen LogP) is 26.3. The van der Waals surface area contributed by atoms with Crippen LogP contribution in [0.3, 0.4) is 0 Å². The lowest BCUT2D eigenvalue weighted by Gasteiger charge is -2.20. The van der Waals surface area contributed by atoms with Gasteiger partial charge in [-0.05, 0) is 280 Å². The highest BCUT2D eigenvalue weighted by Crippen LogP contribution is 2.40. The maximum Gasteiger partial charge on any atom is 0.212 e. The molecule has 0 N–H and O–H groups in total. The quantitative estimate of drug-likeness (QED) is 0.0719. The molecule has 3 aliphatic carbocycles. The highest BCUT2D eigenvalue weighted by Gasteiger charge is 2.27. The molecule has 0 atom stereocenters. The number of benzene rings is 5. The molecule has 0 unspecified atom stereocenters. The van der Waals surface area contributed by atoms with Crippen LogP contribution in [0.25, 0.3) is 56.3 Å². The fraction of sp³-hybridized carbons (Fsp3) is 0.481. The van der Waals surface area contributed by atoms with Gasteiger partial charge in [-0.25, -0.2) is 22.8 Å². The molecule has 590 valence electrons. The molecule has 0 aliphatic heterocycles. The van der Waals surface area contributed by atoms with Crippen molar-refractivity contribution in [1.82, 2.24) is 0 Å². The molecule has 3 fully saturated rings. The second-order valence-electron chi connectivity index (χ2n) is 36.1. The molecule has 0 spiro atoms. The van der Waals surface area contributed by atoms with Crippen molar-refractivity contribution in [3.63, 3.8) is 0 Å². The van der Waals surface area contributed by atoms with E-state index in [1.54, 1.807) is 0 Å². The number of hydrogen-bond acceptors (Lipinski definition) is 0. The average molecular weight is 1490 g/mol. The fourth-order valence-electron chi connectivity index (χ4n) is 17.7. The normalized spacial score (nSPS) is 14.0. The molecule has 0 radical (unpaired) electrons. The number of nitrogens with zero attached hydrogens (tertiary/aromatic N) is 5. The molecule has 0 saturated heterocycles. The summed E-state index contributed by atoms with van der Waals surface area (Å²) in [6.45, 7) is 42.9. The zero-order valence-electron chi connectivity index (χ0n) is 73.9. The van der Waals surface area contributed by atoms with Gasteiger partial charge < -0.3 is 0 Å². The molecule has 10 aromatic rings. The van der Waals surface area contributed by atoms with Crippen molar-refractivity contribution in [2.45, 2.75) is 288 Å². The van der Waals surface area contributed by atoms with Crippen molar-refractivity contribution in [2.75, 3.05) is 0 Å². The lowest BCUT2D eigenvalue weighted by molar-refractivity contribution is -0.660. The maximum absolute atomic E-state index is 2.44. The Morgan fingerprint density at radius 3 is 1.02 bits per heavy atom. The summed E-state index contributed by atoms with van der Waals surface area (Å²) in [6, 6.07) is 58.1. The van der Waals surface area contributed by atoms with Gasteiger partial charge in [0.1, 0.15) is 35.2 Å². The molecule has 3 saturated carbocycles. The standard InChI is InChI=1S/C22H30N.2C22H32N.C21H28N.C19H24N/c1-16(2)13-18-10-9-17(3)21(14-18)22-15-20(11-12-23(22)4)19-7-5-6-8-19;1-8-17(9-2)18-12-13-23(7)21(15-18)20-11-10-19(14-16(20)3)22(4,5)6;1-7-19(8-2)20-11-12-23(6)22(15-20)21-10-9-18(13-16(3)4)14-17(21)5;1-15(2)18-10-9-16(3)20(13-18)21-14-19(11-12-22(21)4)17-7-5-6-8-17;1-14-8-9-15(2)18(12-14)19-13-17(10-11-20(19)3)16-6-4-5-7-16/h9-12,14-16,19H,5-8,13H2,1-4H3;10-15,17H,8-9H2,1-7H3;9-12,14-16,19H,7-8,13H2,1-6H3;9-15,17H,5-8H2,1-4H3;8-13,16H,4-7H2,1-3H3/q5*+1. The van der Waals surface area contributed by atoms with Crippen LogP contribution in [0.1, 0.15) is 312 Å². The van der Waals surface area contributed by atoms with Crippen molar-refractivity contribution in [3.05, 3.63) is 266 Å². The molecule has 13 rings (SSSR count). The van der Waals surface area contributed by atoms with E-state index in [2.05, 4.69) is 372 Å². The fourth-order valence-corrected chi connectivity index (χ4v) is 17.7. The van der Waals surface area contributed by atoms with Crippen LogP contribution in [0.15, 0.2) is 183 Å². The van der Waals surface area contributed by atoms with Gasteiger partial charge in [0.25, 0.3) is 0 Å². The Hall–Kier alpha value is -8.15. The topological polar surface area (TPSA) is 19.4 Å². The second kappa shape index (κ2) is 40.5. The van der Waals surface area contributed by atoms with Crippen molar-refractivity contribution < 1.29 is 22.8 Å². The largest absolute Gasteiger partial charge is 0.212 e. The molecule has 5 heterocycles. The summed E-state index contributed by atoms with van der Waals surface area (Å²) in [5.41, 5.74) is 35.1. The van der Waals surface area contributed by atoms with Gasteiger partial charge in [0.05, 0.1) is 0 Å². The zero-order chi connectivity index (χ0) is 80.4. The lowest BCUT2D eigenvalue weighted by atomic mass is 9.84. The van der Waals surface area contributed by atoms with Gasteiger partial charge in [-0.2, -0.15) is 0 Å². The summed E-state index contributed by atoms with van der Waals surface area (Å²) in [4.78, 5) is 0. The molecular weight excluding hydrogens is 1340 g/mol. The molecule has 0 amide bonds. The molecule has 5 aromatic carbocycles. The summed E-state index contributed by atoms with van der Waals surface area (Å²) in [7, 11) is 10.8. The van der Waals surface area contributed by atoms with E-state index in [0.717, 1.165) is 30.6 Å². The number of aromatic nitrogens is 5. The monoisotopic (exact) mass is 1490 g/mol. The summed E-state index contributed by atoms with van der Waals surface area (Å²) >= 11 is 0. The predicted molar refractivity (Wildman–Crippen MR) is 474 cm³/mol. The first kappa shape index (κ1) is 86.8. The maximum atomic E-state index is 2.44. The van der Waals surface area contributed by atoms with Crippen molar-refractivity contribution in [2.24, 2.45) is 47.1 Å². The molecular formula is C106H146N5+5. The Morgan fingerprint density at radius 2 is 0.649 bits per heavy atom. The lowest BCUT2D eigenvalue weighted by Crippen LogP contribution is -2.31. The van der Waals surface area contributed by atoms with E-state index in [4.69, 9.17) is 0 Å². The van der Waals surface area contributed by atoms with Gasteiger partial charge in [-0.1, -0.05) is 195 Å². The van der Waals surface area contributed by atoms with E-state index in [-0.39, 0.29) is 5.41 Å². The van der Waals surface area contributed by atoms with Gasteiger partial charge in [0.2, 0.25) is 28.5 Å². The Kier molecular flexibility index (Phi) is 31.7. The molecule has 5 nitrogen and oxygen atoms in total. The van der Waals surface area contributed by atoms with E-state index in [1.165, 1.54) is 242 Å². The second-order valence-corrected chi connectivity index (χ2v) is 36.1. The SMILES string of the molecule is CCC(CC)c1cc[n+](C)c(-c2ccc(C(C)(C)C)cc2C)c1.CCC(CC)c1cc[n+](C)c(-c2ccc(CC(C)C)cc2C)c1.Cc1ccc(C(C)C)cc1-c1cc(C2CCCC2)cc[n+]1C.Cc1ccc(C)c(-c2cc(C3CCCC3)cc[n+]2C)c1.Cc1ccc(CC(C)C)cc1-c1cc(C2CCCC2)cc[n+]1C. The van der Waals surface area contributed by atoms with Crippen LogP contribution < -0.4 is 22.8 Å². The third kappa shape index (κ3) is 23.3. The molecule has 111 heavy (non-hydrogen) atoms. The highest BCUT2D eigenvalue weighted by molar-refractivity contribution is 5.67. The van der Waals surface area contributed by atoms with Gasteiger partial charge in [0.15, 0.2) is 31.0 Å². The highest BCUT2D eigenvalue weighted by atomic mass is 14.9. The van der Waals surface area contributed by atoms with Gasteiger partial charge in [-0.15, -0.1) is 0 Å². The summed E-state index contributed by atoms with van der Waals surface area (Å²) in [5, 5.41) is 0. The minimum absolute atomic E-state index is 0.197. The molecule has 3 aliphatic rings. The summed E-state index contributed by atoms with van der Waals surface area (Å²) < 4.78 is 11.3. The first-order valence-electron chi connectivity index (χ1n) is 43.5. The van der Waals surface area contributed by atoms with Crippen LogP contribution in [0, 0.1) is 53.4 Å². The third-order valence-corrected chi connectivity index (χ3v) is 24.9. The van der Waals surface area contributed by atoms with E-state index < -0.39 is 0 Å². The first-order chi connectivity index (χ1) is 53.0. The van der Waals surface area contributed by atoms with E-state index in [0.29, 0.717) is 29.6 Å². The van der Waals surface area contributed by atoms with Gasteiger partial charge >= 0.3 is 0 Å². The number of aryl methyl sites for hydroxylation is 11.